The number of hydrogen-bond acceptors (Lipinski definition) is 4. The molecular weight excluding hydrogens is 366 g/mol. The summed E-state index contributed by atoms with van der Waals surface area (Å²) in [5.74, 6) is -0.408. The molecule has 1 aromatic rings. The van der Waals surface area contributed by atoms with Crippen molar-refractivity contribution in [3.05, 3.63) is 23.8 Å². The minimum absolute atomic E-state index is 0.00441. The summed E-state index contributed by atoms with van der Waals surface area (Å²) in [6, 6.07) is 4.76. The topological polar surface area (TPSA) is 86.8 Å². The van der Waals surface area contributed by atoms with Gasteiger partial charge in [-0.1, -0.05) is 6.92 Å². The summed E-state index contributed by atoms with van der Waals surface area (Å²) in [7, 11) is -2.41. The van der Waals surface area contributed by atoms with E-state index >= 15 is 0 Å². The summed E-state index contributed by atoms with van der Waals surface area (Å²) in [4.78, 5) is 25.8. The maximum atomic E-state index is 12.9. The number of nitrogens with one attached hydrogen (secondary N) is 1. The summed E-state index contributed by atoms with van der Waals surface area (Å²) < 4.78 is 26.8. The van der Waals surface area contributed by atoms with Crippen LogP contribution in [0.2, 0.25) is 0 Å². The van der Waals surface area contributed by atoms with Gasteiger partial charge in [0.25, 0.3) is 0 Å². The lowest BCUT2D eigenvalue weighted by atomic mass is 10.0. The van der Waals surface area contributed by atoms with Gasteiger partial charge in [0, 0.05) is 31.2 Å². The molecule has 150 valence electrons. The predicted octanol–water partition coefficient (Wildman–Crippen LogP) is 1.91. The number of rotatable bonds is 6. The molecule has 1 atom stereocenters. The molecule has 1 aliphatic heterocycles. The molecule has 1 N–H and O–H groups in total. The Morgan fingerprint density at radius 2 is 1.96 bits per heavy atom. The van der Waals surface area contributed by atoms with Gasteiger partial charge >= 0.3 is 0 Å². The van der Waals surface area contributed by atoms with Gasteiger partial charge in [-0.15, -0.1) is 0 Å². The van der Waals surface area contributed by atoms with Crippen molar-refractivity contribution in [3.63, 3.8) is 0 Å². The summed E-state index contributed by atoms with van der Waals surface area (Å²) in [6.07, 6.45) is 1.35. The molecule has 0 spiro atoms. The van der Waals surface area contributed by atoms with E-state index in [0.717, 1.165) is 22.0 Å². The molecule has 2 rings (SSSR count). The standard InChI is InChI=1S/C19H29N3O4S/c1-7-19(4,5)20-18(24)12-21(6)27(25,26)16-8-9-17-15(11-16)10-13(2)22(17)14(3)23/h8-9,11,13H,7,10,12H2,1-6H3,(H,20,24)/t13-/m1/s1. The largest absolute Gasteiger partial charge is 0.350 e. The second-order valence-electron chi connectivity index (χ2n) is 7.78. The smallest absolute Gasteiger partial charge is 0.243 e. The van der Waals surface area contributed by atoms with Gasteiger partial charge in [0.2, 0.25) is 21.8 Å². The average molecular weight is 396 g/mol. The van der Waals surface area contributed by atoms with Crippen molar-refractivity contribution in [2.24, 2.45) is 0 Å². The summed E-state index contributed by atoms with van der Waals surface area (Å²) in [6.45, 7) is 8.92. The normalized spacial score (nSPS) is 17.1. The first-order valence-corrected chi connectivity index (χ1v) is 10.5. The first kappa shape index (κ1) is 21.4. The number of nitrogens with zero attached hydrogens (tertiary/aromatic N) is 2. The summed E-state index contributed by atoms with van der Waals surface area (Å²) in [5.41, 5.74) is 1.18. The molecule has 8 heteroatoms. The van der Waals surface area contributed by atoms with Gasteiger partial charge in [0.1, 0.15) is 0 Å². The molecule has 0 radical (unpaired) electrons. The Morgan fingerprint density at radius 3 is 2.52 bits per heavy atom. The second-order valence-corrected chi connectivity index (χ2v) is 9.82. The summed E-state index contributed by atoms with van der Waals surface area (Å²) >= 11 is 0. The zero-order valence-electron chi connectivity index (χ0n) is 16.9. The molecular formula is C19H29N3O4S. The lowest BCUT2D eigenvalue weighted by Crippen LogP contribution is -2.47. The Bertz CT molecular complexity index is 849. The van der Waals surface area contributed by atoms with Crippen molar-refractivity contribution in [2.45, 2.75) is 63.9 Å². The van der Waals surface area contributed by atoms with E-state index in [1.165, 1.54) is 20.0 Å². The highest BCUT2D eigenvalue weighted by Crippen LogP contribution is 2.34. The molecule has 0 unspecified atom stereocenters. The van der Waals surface area contributed by atoms with Crippen LogP contribution >= 0.6 is 0 Å². The number of amides is 2. The van der Waals surface area contributed by atoms with E-state index in [4.69, 9.17) is 0 Å². The third kappa shape index (κ3) is 4.50. The number of likely N-dealkylation sites (N-methyl/N-ethyl adjacent to an activating group) is 1. The Kier molecular flexibility index (Phi) is 6.01. The fourth-order valence-electron chi connectivity index (χ4n) is 3.22. The van der Waals surface area contributed by atoms with E-state index < -0.39 is 10.0 Å². The van der Waals surface area contributed by atoms with E-state index in [1.807, 2.05) is 27.7 Å². The summed E-state index contributed by atoms with van der Waals surface area (Å²) in [5, 5.41) is 2.84. The van der Waals surface area contributed by atoms with Crippen LogP contribution in [0.4, 0.5) is 5.69 Å². The van der Waals surface area contributed by atoms with Crippen LogP contribution in [0.3, 0.4) is 0 Å². The monoisotopic (exact) mass is 395 g/mol. The minimum Gasteiger partial charge on any atom is -0.350 e. The van der Waals surface area contributed by atoms with Crippen molar-refractivity contribution >= 4 is 27.5 Å². The fourth-order valence-corrected chi connectivity index (χ4v) is 4.40. The van der Waals surface area contributed by atoms with Gasteiger partial charge in [-0.3, -0.25) is 9.59 Å². The Morgan fingerprint density at radius 1 is 1.33 bits per heavy atom. The molecule has 0 fully saturated rings. The number of fused-ring (bicyclic) bond motifs is 1. The van der Waals surface area contributed by atoms with Crippen molar-refractivity contribution in [1.29, 1.82) is 0 Å². The van der Waals surface area contributed by atoms with Gasteiger partial charge in [-0.05, 0) is 57.4 Å². The first-order valence-electron chi connectivity index (χ1n) is 9.09. The van der Waals surface area contributed by atoms with E-state index in [-0.39, 0.29) is 34.8 Å². The number of carbonyl (C=O) groups excluding carboxylic acids is 2. The van der Waals surface area contributed by atoms with Gasteiger partial charge in [-0.2, -0.15) is 4.31 Å². The van der Waals surface area contributed by atoms with Crippen LogP contribution in [0, 0.1) is 0 Å². The fraction of sp³-hybridized carbons (Fsp3) is 0.579. The number of anilines is 1. The maximum Gasteiger partial charge on any atom is 0.243 e. The van der Waals surface area contributed by atoms with Crippen molar-refractivity contribution in [2.75, 3.05) is 18.5 Å². The van der Waals surface area contributed by atoms with Crippen molar-refractivity contribution in [3.8, 4) is 0 Å². The Hall–Kier alpha value is -1.93. The molecule has 0 aromatic heterocycles. The lowest BCUT2D eigenvalue weighted by molar-refractivity contribution is -0.122. The van der Waals surface area contributed by atoms with Gasteiger partial charge < -0.3 is 10.2 Å². The molecule has 2 amide bonds. The predicted molar refractivity (Wildman–Crippen MR) is 105 cm³/mol. The Balaban J connectivity index is 2.21. The van der Waals surface area contributed by atoms with E-state index in [9.17, 15) is 18.0 Å². The van der Waals surface area contributed by atoms with Crippen LogP contribution in [-0.4, -0.2) is 49.7 Å². The lowest BCUT2D eigenvalue weighted by Gasteiger charge is -2.26. The number of carbonyl (C=O) groups is 2. The highest BCUT2D eigenvalue weighted by Gasteiger charge is 2.31. The van der Waals surface area contributed by atoms with Gasteiger partial charge in [0.15, 0.2) is 0 Å². The maximum absolute atomic E-state index is 12.9. The number of hydrogen-bond donors (Lipinski definition) is 1. The number of sulfonamides is 1. The highest BCUT2D eigenvalue weighted by atomic mass is 32.2. The van der Waals surface area contributed by atoms with Crippen LogP contribution < -0.4 is 10.2 Å². The molecule has 1 aliphatic rings. The van der Waals surface area contributed by atoms with Crippen LogP contribution in [-0.2, 0) is 26.0 Å². The van der Waals surface area contributed by atoms with Crippen molar-refractivity contribution < 1.29 is 18.0 Å². The zero-order valence-corrected chi connectivity index (χ0v) is 17.7. The number of benzene rings is 1. The molecule has 1 heterocycles. The SMILES string of the molecule is CCC(C)(C)NC(=O)CN(C)S(=O)(=O)c1ccc2c(c1)C[C@@H](C)N2C(C)=O. The highest BCUT2D eigenvalue weighted by molar-refractivity contribution is 7.89. The van der Waals surface area contributed by atoms with Gasteiger partial charge in [-0.25, -0.2) is 8.42 Å². The quantitative estimate of drug-likeness (QED) is 0.797. The van der Waals surface area contributed by atoms with Crippen LogP contribution in [0.5, 0.6) is 0 Å². The molecule has 27 heavy (non-hydrogen) atoms. The molecule has 7 nitrogen and oxygen atoms in total. The first-order chi connectivity index (χ1) is 12.4. The molecule has 0 saturated heterocycles. The van der Waals surface area contributed by atoms with Crippen LogP contribution in [0.1, 0.15) is 46.6 Å². The van der Waals surface area contributed by atoms with E-state index in [0.29, 0.717) is 6.42 Å². The zero-order chi connectivity index (χ0) is 20.6. The third-order valence-electron chi connectivity index (χ3n) is 5.04. The minimum atomic E-state index is -3.80. The molecule has 0 bridgehead atoms. The molecule has 1 aromatic carbocycles. The third-order valence-corrected chi connectivity index (χ3v) is 6.84. The van der Waals surface area contributed by atoms with Gasteiger partial charge in [0.05, 0.1) is 11.4 Å². The van der Waals surface area contributed by atoms with Crippen LogP contribution in [0.15, 0.2) is 23.1 Å². The Labute approximate surface area is 161 Å². The molecule has 0 aliphatic carbocycles. The van der Waals surface area contributed by atoms with E-state index in [2.05, 4.69) is 5.32 Å². The van der Waals surface area contributed by atoms with Crippen molar-refractivity contribution in [1.82, 2.24) is 9.62 Å². The average Bonchev–Trinajstić information content (AvgIpc) is 2.88. The van der Waals surface area contributed by atoms with Crippen LogP contribution in [0.25, 0.3) is 0 Å². The second kappa shape index (κ2) is 7.59. The van der Waals surface area contributed by atoms with E-state index in [1.54, 1.807) is 17.0 Å². The molecule has 0 saturated carbocycles.